The molecule has 1 heterocycles. The van der Waals surface area contributed by atoms with E-state index in [2.05, 4.69) is 40.7 Å². The topological polar surface area (TPSA) is 73.6 Å². The second-order valence-electron chi connectivity index (χ2n) is 5.03. The zero-order valence-electron chi connectivity index (χ0n) is 12.3. The van der Waals surface area contributed by atoms with E-state index in [4.69, 9.17) is 5.26 Å². The first-order valence-electron chi connectivity index (χ1n) is 7.00. The van der Waals surface area contributed by atoms with E-state index in [1.165, 1.54) is 0 Å². The molecule has 0 spiro atoms. The van der Waals surface area contributed by atoms with Crippen LogP contribution in [0.25, 0.3) is 11.3 Å². The molecule has 2 N–H and O–H groups in total. The van der Waals surface area contributed by atoms with E-state index in [0.29, 0.717) is 11.6 Å². The fraction of sp³-hybridized carbons (Fsp3) is 0.312. The Labute approximate surface area is 125 Å². The van der Waals surface area contributed by atoms with Crippen LogP contribution in [-0.4, -0.2) is 29.3 Å². The van der Waals surface area contributed by atoms with Crippen LogP contribution < -0.4 is 10.6 Å². The first-order valence-corrected chi connectivity index (χ1v) is 7.00. The minimum Gasteiger partial charge on any atom is -0.367 e. The van der Waals surface area contributed by atoms with Crippen molar-refractivity contribution in [3.05, 3.63) is 42.0 Å². The lowest BCUT2D eigenvalue weighted by Gasteiger charge is -2.09. The summed E-state index contributed by atoms with van der Waals surface area (Å²) in [5.74, 6) is 0.762. The van der Waals surface area contributed by atoms with Gasteiger partial charge in [0.2, 0.25) is 0 Å². The standard InChI is InChI=1S/C16H19N5/c1-12(2)18-9-10-19-16-8-7-15(20-21-16)14-5-3-13(11-17)4-6-14/h3-8,12,18H,9-10H2,1-2H3,(H,19,21). The third-order valence-electron chi connectivity index (χ3n) is 2.96. The summed E-state index contributed by atoms with van der Waals surface area (Å²) in [4.78, 5) is 0. The number of nitriles is 1. The van der Waals surface area contributed by atoms with Gasteiger partial charge in [-0.15, -0.1) is 10.2 Å². The van der Waals surface area contributed by atoms with Crippen LogP contribution in [0.4, 0.5) is 5.82 Å². The molecule has 2 rings (SSSR count). The van der Waals surface area contributed by atoms with E-state index in [0.717, 1.165) is 30.2 Å². The van der Waals surface area contributed by atoms with Gasteiger partial charge >= 0.3 is 0 Å². The average Bonchev–Trinajstić information content (AvgIpc) is 2.52. The summed E-state index contributed by atoms with van der Waals surface area (Å²) in [5, 5.41) is 23.7. The van der Waals surface area contributed by atoms with Crippen LogP contribution in [-0.2, 0) is 0 Å². The van der Waals surface area contributed by atoms with Gasteiger partial charge < -0.3 is 10.6 Å². The second-order valence-corrected chi connectivity index (χ2v) is 5.03. The van der Waals surface area contributed by atoms with Crippen molar-refractivity contribution in [2.75, 3.05) is 18.4 Å². The highest BCUT2D eigenvalue weighted by molar-refractivity contribution is 5.60. The fourth-order valence-electron chi connectivity index (χ4n) is 1.85. The molecule has 108 valence electrons. The predicted molar refractivity (Wildman–Crippen MR) is 83.8 cm³/mol. The molecular weight excluding hydrogens is 262 g/mol. The van der Waals surface area contributed by atoms with E-state index < -0.39 is 0 Å². The van der Waals surface area contributed by atoms with Crippen molar-refractivity contribution in [2.45, 2.75) is 19.9 Å². The number of hydrogen-bond donors (Lipinski definition) is 2. The molecular formula is C16H19N5. The van der Waals surface area contributed by atoms with E-state index in [1.807, 2.05) is 24.3 Å². The second kappa shape index (κ2) is 7.36. The Hall–Kier alpha value is -2.45. The van der Waals surface area contributed by atoms with Crippen LogP contribution in [0.15, 0.2) is 36.4 Å². The van der Waals surface area contributed by atoms with Crippen molar-refractivity contribution in [3.63, 3.8) is 0 Å². The fourth-order valence-corrected chi connectivity index (χ4v) is 1.85. The van der Waals surface area contributed by atoms with Crippen molar-refractivity contribution < 1.29 is 0 Å². The molecule has 0 saturated heterocycles. The van der Waals surface area contributed by atoms with Crippen LogP contribution in [0.1, 0.15) is 19.4 Å². The molecule has 0 saturated carbocycles. The summed E-state index contributed by atoms with van der Waals surface area (Å²) >= 11 is 0. The largest absolute Gasteiger partial charge is 0.367 e. The molecule has 5 nitrogen and oxygen atoms in total. The van der Waals surface area contributed by atoms with Crippen LogP contribution in [0.5, 0.6) is 0 Å². The van der Waals surface area contributed by atoms with Crippen molar-refractivity contribution in [3.8, 4) is 17.3 Å². The van der Waals surface area contributed by atoms with Gasteiger partial charge in [0.25, 0.3) is 0 Å². The molecule has 0 fully saturated rings. The number of aromatic nitrogens is 2. The Kier molecular flexibility index (Phi) is 5.24. The maximum atomic E-state index is 8.78. The number of benzene rings is 1. The zero-order valence-corrected chi connectivity index (χ0v) is 12.3. The molecule has 1 aromatic heterocycles. The predicted octanol–water partition coefficient (Wildman–Crippen LogP) is 2.43. The monoisotopic (exact) mass is 281 g/mol. The molecule has 2 aromatic rings. The minimum absolute atomic E-state index is 0.483. The van der Waals surface area contributed by atoms with E-state index in [1.54, 1.807) is 12.1 Å². The van der Waals surface area contributed by atoms with E-state index in [9.17, 15) is 0 Å². The first-order chi connectivity index (χ1) is 10.2. The lowest BCUT2D eigenvalue weighted by molar-refractivity contribution is 0.602. The first kappa shape index (κ1) is 14.9. The summed E-state index contributed by atoms with van der Waals surface area (Å²) in [7, 11) is 0. The Morgan fingerprint density at radius 3 is 2.38 bits per heavy atom. The number of rotatable bonds is 6. The number of anilines is 1. The lowest BCUT2D eigenvalue weighted by Crippen LogP contribution is -2.28. The maximum absolute atomic E-state index is 8.78. The van der Waals surface area contributed by atoms with E-state index >= 15 is 0 Å². The molecule has 21 heavy (non-hydrogen) atoms. The summed E-state index contributed by atoms with van der Waals surface area (Å²) in [6.07, 6.45) is 0. The SMILES string of the molecule is CC(C)NCCNc1ccc(-c2ccc(C#N)cc2)nn1. The van der Waals surface area contributed by atoms with Gasteiger partial charge in [0.05, 0.1) is 17.3 Å². The molecule has 0 bridgehead atoms. The van der Waals surface area contributed by atoms with Crippen molar-refractivity contribution in [1.82, 2.24) is 15.5 Å². The van der Waals surface area contributed by atoms with Crippen molar-refractivity contribution >= 4 is 5.82 Å². The lowest BCUT2D eigenvalue weighted by atomic mass is 10.1. The number of nitrogens with one attached hydrogen (secondary N) is 2. The van der Waals surface area contributed by atoms with Gasteiger partial charge in [-0.3, -0.25) is 0 Å². The summed E-state index contributed by atoms with van der Waals surface area (Å²) in [5.41, 5.74) is 2.39. The smallest absolute Gasteiger partial charge is 0.148 e. The van der Waals surface area contributed by atoms with Gasteiger partial charge in [0.1, 0.15) is 5.82 Å². The Bertz CT molecular complexity index is 596. The van der Waals surface area contributed by atoms with Crippen LogP contribution in [0.3, 0.4) is 0 Å². The number of nitrogens with zero attached hydrogens (tertiary/aromatic N) is 3. The van der Waals surface area contributed by atoms with Crippen LogP contribution in [0, 0.1) is 11.3 Å². The normalized spacial score (nSPS) is 10.4. The quantitative estimate of drug-likeness (QED) is 0.795. The van der Waals surface area contributed by atoms with Gasteiger partial charge in [0, 0.05) is 24.7 Å². The highest BCUT2D eigenvalue weighted by Gasteiger charge is 2.01. The summed E-state index contributed by atoms with van der Waals surface area (Å²) in [6.45, 7) is 5.93. The molecule has 0 unspecified atom stereocenters. The van der Waals surface area contributed by atoms with Crippen LogP contribution in [0.2, 0.25) is 0 Å². The van der Waals surface area contributed by atoms with Crippen molar-refractivity contribution in [2.24, 2.45) is 0 Å². The molecule has 0 aliphatic rings. The highest BCUT2D eigenvalue weighted by Crippen LogP contribution is 2.17. The molecule has 0 atom stereocenters. The molecule has 0 aliphatic heterocycles. The van der Waals surface area contributed by atoms with E-state index in [-0.39, 0.29) is 0 Å². The van der Waals surface area contributed by atoms with Crippen LogP contribution >= 0.6 is 0 Å². The zero-order chi connectivity index (χ0) is 15.1. The molecule has 5 heteroatoms. The number of hydrogen-bond acceptors (Lipinski definition) is 5. The van der Waals surface area contributed by atoms with Gasteiger partial charge in [-0.05, 0) is 24.3 Å². The Morgan fingerprint density at radius 2 is 1.81 bits per heavy atom. The van der Waals surface area contributed by atoms with Gasteiger partial charge in [-0.25, -0.2) is 0 Å². The maximum Gasteiger partial charge on any atom is 0.148 e. The third kappa shape index (κ3) is 4.55. The van der Waals surface area contributed by atoms with Crippen molar-refractivity contribution in [1.29, 1.82) is 5.26 Å². The average molecular weight is 281 g/mol. The Morgan fingerprint density at radius 1 is 1.05 bits per heavy atom. The molecule has 0 radical (unpaired) electrons. The summed E-state index contributed by atoms with van der Waals surface area (Å²) in [6, 6.07) is 13.7. The summed E-state index contributed by atoms with van der Waals surface area (Å²) < 4.78 is 0. The Balaban J connectivity index is 1.93. The van der Waals surface area contributed by atoms with Gasteiger partial charge in [0.15, 0.2) is 0 Å². The van der Waals surface area contributed by atoms with Gasteiger partial charge in [-0.2, -0.15) is 5.26 Å². The van der Waals surface area contributed by atoms with Gasteiger partial charge in [-0.1, -0.05) is 26.0 Å². The highest BCUT2D eigenvalue weighted by atomic mass is 15.2. The molecule has 0 amide bonds. The minimum atomic E-state index is 0.483. The molecule has 1 aromatic carbocycles. The third-order valence-corrected chi connectivity index (χ3v) is 2.96. The molecule has 0 aliphatic carbocycles.